The van der Waals surface area contributed by atoms with Crippen LogP contribution >= 0.6 is 0 Å². The maximum absolute atomic E-state index is 12.9. The smallest absolute Gasteiger partial charge is 0.251 e. The molecule has 5 rings (SSSR count). The molecule has 2 aliphatic heterocycles. The predicted molar refractivity (Wildman–Crippen MR) is 140 cm³/mol. The van der Waals surface area contributed by atoms with Crippen molar-refractivity contribution >= 4 is 22.5 Å². The lowest BCUT2D eigenvalue weighted by molar-refractivity contribution is 0.0383. The normalized spacial score (nSPS) is 16.8. The van der Waals surface area contributed by atoms with Gasteiger partial charge in [0.05, 0.1) is 13.2 Å². The highest BCUT2D eigenvalue weighted by Crippen LogP contribution is 2.27. The van der Waals surface area contributed by atoms with E-state index in [-0.39, 0.29) is 5.91 Å². The van der Waals surface area contributed by atoms with Crippen LogP contribution in [0.1, 0.15) is 23.2 Å². The van der Waals surface area contributed by atoms with Crippen LogP contribution in [-0.2, 0) is 4.74 Å². The minimum absolute atomic E-state index is 0.0667. The van der Waals surface area contributed by atoms with Gasteiger partial charge in [-0.1, -0.05) is 12.1 Å². The van der Waals surface area contributed by atoms with Gasteiger partial charge in [0.25, 0.3) is 5.91 Å². The molecule has 2 fully saturated rings. The number of carbonyl (C=O) groups excluding carboxylic acids is 1. The lowest BCUT2D eigenvalue weighted by Crippen LogP contribution is -2.41. The summed E-state index contributed by atoms with van der Waals surface area (Å²) in [5.74, 6) is 1.82. The number of rotatable bonds is 10. The van der Waals surface area contributed by atoms with E-state index in [0.29, 0.717) is 23.7 Å². The predicted octanol–water partition coefficient (Wildman–Crippen LogP) is 2.99. The molecule has 0 aliphatic carbocycles. The molecule has 0 saturated carbocycles. The summed E-state index contributed by atoms with van der Waals surface area (Å²) in [4.78, 5) is 26.2. The van der Waals surface area contributed by atoms with Gasteiger partial charge in [-0.2, -0.15) is 0 Å². The molecule has 2 saturated heterocycles. The first-order valence-electron chi connectivity index (χ1n) is 12.8. The van der Waals surface area contributed by atoms with Crippen molar-refractivity contribution in [3.63, 3.8) is 0 Å². The number of anilines is 1. The molecule has 3 heterocycles. The second-order valence-electron chi connectivity index (χ2n) is 9.22. The molecule has 2 N–H and O–H groups in total. The molecule has 36 heavy (non-hydrogen) atoms. The average molecular weight is 491 g/mol. The molecule has 9 nitrogen and oxygen atoms in total. The van der Waals surface area contributed by atoms with Crippen molar-refractivity contribution < 1.29 is 14.3 Å². The number of hydrogen-bond donors (Lipinski definition) is 2. The number of benzene rings is 2. The first kappa shape index (κ1) is 24.4. The lowest BCUT2D eigenvalue weighted by Gasteiger charge is -2.26. The molecular weight excluding hydrogens is 456 g/mol. The highest BCUT2D eigenvalue weighted by Gasteiger charge is 2.14. The molecular formula is C27H34N6O3. The quantitative estimate of drug-likeness (QED) is 0.448. The van der Waals surface area contributed by atoms with Crippen LogP contribution in [0.2, 0.25) is 0 Å². The van der Waals surface area contributed by atoms with Gasteiger partial charge < -0.3 is 25.0 Å². The molecule has 2 aromatic carbocycles. The average Bonchev–Trinajstić information content (AvgIpc) is 3.43. The Kier molecular flexibility index (Phi) is 8.22. The zero-order chi connectivity index (χ0) is 24.6. The summed E-state index contributed by atoms with van der Waals surface area (Å²) in [6, 6.07) is 13.3. The summed E-state index contributed by atoms with van der Waals surface area (Å²) >= 11 is 0. The molecule has 2 aliphatic rings. The van der Waals surface area contributed by atoms with E-state index in [4.69, 9.17) is 9.47 Å². The van der Waals surface area contributed by atoms with E-state index in [0.717, 1.165) is 62.5 Å². The maximum Gasteiger partial charge on any atom is 0.251 e. The van der Waals surface area contributed by atoms with E-state index in [1.165, 1.54) is 32.3 Å². The number of amides is 1. The zero-order valence-electron chi connectivity index (χ0n) is 20.6. The van der Waals surface area contributed by atoms with Crippen LogP contribution in [0.15, 0.2) is 48.8 Å². The number of ether oxygens (including phenoxy) is 2. The van der Waals surface area contributed by atoms with E-state index in [9.17, 15) is 4.79 Å². The SMILES string of the molecule is O=C(NCCN1CCOCC1)c1cccc2cc(Oc3cc(NCCN4CCCC4)ncn3)ccc12. The minimum Gasteiger partial charge on any atom is -0.439 e. The third kappa shape index (κ3) is 6.48. The van der Waals surface area contributed by atoms with Crippen LogP contribution < -0.4 is 15.4 Å². The summed E-state index contributed by atoms with van der Waals surface area (Å²) in [5, 5.41) is 8.24. The number of aromatic nitrogens is 2. The number of hydrogen-bond acceptors (Lipinski definition) is 8. The summed E-state index contributed by atoms with van der Waals surface area (Å²) in [7, 11) is 0. The zero-order valence-corrected chi connectivity index (χ0v) is 20.6. The van der Waals surface area contributed by atoms with Crippen molar-refractivity contribution in [2.75, 3.05) is 70.9 Å². The van der Waals surface area contributed by atoms with Gasteiger partial charge >= 0.3 is 0 Å². The summed E-state index contributed by atoms with van der Waals surface area (Å²) in [6.07, 6.45) is 4.09. The standard InChI is InChI=1S/C27H34N6O3/c34-27(29-9-13-33-14-16-35-17-15-33)24-5-3-4-21-18-22(6-7-23(21)24)36-26-19-25(30-20-31-26)28-8-12-32-10-1-2-11-32/h3-7,18-20H,1-2,8-17H2,(H,29,34)(H,28,30,31). The summed E-state index contributed by atoms with van der Waals surface area (Å²) in [5.41, 5.74) is 0.660. The maximum atomic E-state index is 12.9. The first-order valence-corrected chi connectivity index (χ1v) is 12.8. The third-order valence-electron chi connectivity index (χ3n) is 6.71. The lowest BCUT2D eigenvalue weighted by atomic mass is 10.0. The van der Waals surface area contributed by atoms with Crippen LogP contribution in [0, 0.1) is 0 Å². The number of morpholine rings is 1. The Balaban J connectivity index is 1.18. The number of carbonyl (C=O) groups is 1. The number of fused-ring (bicyclic) bond motifs is 1. The topological polar surface area (TPSA) is 91.9 Å². The number of nitrogens with zero attached hydrogens (tertiary/aromatic N) is 4. The van der Waals surface area contributed by atoms with Crippen molar-refractivity contribution in [3.8, 4) is 11.6 Å². The van der Waals surface area contributed by atoms with Crippen LogP contribution in [0.5, 0.6) is 11.6 Å². The van der Waals surface area contributed by atoms with E-state index in [2.05, 4.69) is 30.4 Å². The summed E-state index contributed by atoms with van der Waals surface area (Å²) in [6.45, 7) is 8.98. The fourth-order valence-electron chi connectivity index (χ4n) is 4.73. The minimum atomic E-state index is -0.0667. The van der Waals surface area contributed by atoms with Gasteiger partial charge in [0, 0.05) is 50.9 Å². The Labute approximate surface area is 211 Å². The molecule has 9 heteroatoms. The monoisotopic (exact) mass is 490 g/mol. The van der Waals surface area contributed by atoms with Gasteiger partial charge in [-0.05, 0) is 61.0 Å². The van der Waals surface area contributed by atoms with Crippen LogP contribution in [-0.4, -0.2) is 91.2 Å². The molecule has 0 spiro atoms. The van der Waals surface area contributed by atoms with Crippen molar-refractivity contribution in [1.29, 1.82) is 0 Å². The Morgan fingerprint density at radius 1 is 0.944 bits per heavy atom. The molecule has 0 atom stereocenters. The Bertz CT molecular complexity index is 1160. The fraction of sp³-hybridized carbons (Fsp3) is 0.444. The second kappa shape index (κ2) is 12.1. The molecule has 0 bridgehead atoms. The van der Waals surface area contributed by atoms with Crippen LogP contribution in [0.4, 0.5) is 5.82 Å². The van der Waals surface area contributed by atoms with E-state index < -0.39 is 0 Å². The first-order chi connectivity index (χ1) is 17.7. The van der Waals surface area contributed by atoms with Crippen LogP contribution in [0.3, 0.4) is 0 Å². The van der Waals surface area contributed by atoms with E-state index in [1.807, 2.05) is 42.5 Å². The molecule has 1 aromatic heterocycles. The molecule has 3 aromatic rings. The van der Waals surface area contributed by atoms with Crippen molar-refractivity contribution in [2.45, 2.75) is 12.8 Å². The van der Waals surface area contributed by atoms with Crippen molar-refractivity contribution in [2.24, 2.45) is 0 Å². The molecule has 0 radical (unpaired) electrons. The number of nitrogens with one attached hydrogen (secondary N) is 2. The molecule has 0 unspecified atom stereocenters. The van der Waals surface area contributed by atoms with Gasteiger partial charge in [-0.25, -0.2) is 9.97 Å². The number of likely N-dealkylation sites (tertiary alicyclic amines) is 1. The van der Waals surface area contributed by atoms with Gasteiger partial charge in [0.2, 0.25) is 5.88 Å². The summed E-state index contributed by atoms with van der Waals surface area (Å²) < 4.78 is 11.4. The molecule has 190 valence electrons. The Hall–Kier alpha value is -3.27. The fourth-order valence-corrected chi connectivity index (χ4v) is 4.73. The van der Waals surface area contributed by atoms with Gasteiger partial charge in [-0.15, -0.1) is 0 Å². The third-order valence-corrected chi connectivity index (χ3v) is 6.71. The van der Waals surface area contributed by atoms with Gasteiger partial charge in [0.15, 0.2) is 0 Å². The second-order valence-corrected chi connectivity index (χ2v) is 9.22. The molecule has 1 amide bonds. The Morgan fingerprint density at radius 2 is 1.75 bits per heavy atom. The van der Waals surface area contributed by atoms with Crippen molar-refractivity contribution in [1.82, 2.24) is 25.1 Å². The van der Waals surface area contributed by atoms with Gasteiger partial charge in [0.1, 0.15) is 17.9 Å². The highest BCUT2D eigenvalue weighted by atomic mass is 16.5. The van der Waals surface area contributed by atoms with E-state index in [1.54, 1.807) is 0 Å². The van der Waals surface area contributed by atoms with Crippen molar-refractivity contribution in [3.05, 3.63) is 54.4 Å². The largest absolute Gasteiger partial charge is 0.439 e. The van der Waals surface area contributed by atoms with Gasteiger partial charge in [-0.3, -0.25) is 9.69 Å². The van der Waals surface area contributed by atoms with Crippen LogP contribution in [0.25, 0.3) is 10.8 Å². The van der Waals surface area contributed by atoms with E-state index >= 15 is 0 Å². The Morgan fingerprint density at radius 3 is 2.61 bits per heavy atom. The highest BCUT2D eigenvalue weighted by molar-refractivity contribution is 6.07.